The fourth-order valence-electron chi connectivity index (χ4n) is 2.15. The lowest BCUT2D eigenvalue weighted by Gasteiger charge is -2.27. The van der Waals surface area contributed by atoms with Gasteiger partial charge >= 0.3 is 6.03 Å². The average molecular weight is 346 g/mol. The molecule has 6 nitrogen and oxygen atoms in total. The summed E-state index contributed by atoms with van der Waals surface area (Å²) in [5.41, 5.74) is 0.924. The molecule has 7 heteroatoms. The average Bonchev–Trinajstić information content (AvgIpc) is 3.09. The second-order valence-electron chi connectivity index (χ2n) is 5.73. The van der Waals surface area contributed by atoms with Crippen LogP contribution >= 0.6 is 11.3 Å². The smallest absolute Gasteiger partial charge is 0.320 e. The SMILES string of the molecule is CCC(C)(NC(=O)Nc1ccc(N(C)C(C)=O)cc1)c1nccs1. The number of hydrogen-bond donors (Lipinski definition) is 2. The minimum atomic E-state index is -0.507. The summed E-state index contributed by atoms with van der Waals surface area (Å²) >= 11 is 1.52. The van der Waals surface area contributed by atoms with E-state index in [9.17, 15) is 9.59 Å². The zero-order chi connectivity index (χ0) is 17.7. The molecule has 128 valence electrons. The zero-order valence-electron chi connectivity index (χ0n) is 14.3. The lowest BCUT2D eigenvalue weighted by molar-refractivity contribution is -0.116. The summed E-state index contributed by atoms with van der Waals surface area (Å²) in [4.78, 5) is 29.5. The molecule has 0 bridgehead atoms. The molecule has 0 saturated heterocycles. The third kappa shape index (κ3) is 4.11. The number of anilines is 2. The fraction of sp³-hybridized carbons (Fsp3) is 0.353. The minimum Gasteiger partial charge on any atom is -0.326 e. The van der Waals surface area contributed by atoms with Crippen molar-refractivity contribution >= 4 is 34.6 Å². The number of benzene rings is 1. The maximum absolute atomic E-state index is 12.3. The van der Waals surface area contributed by atoms with Gasteiger partial charge in [-0.2, -0.15) is 0 Å². The largest absolute Gasteiger partial charge is 0.326 e. The van der Waals surface area contributed by atoms with E-state index in [2.05, 4.69) is 15.6 Å². The van der Waals surface area contributed by atoms with Crippen LogP contribution in [0.15, 0.2) is 35.8 Å². The van der Waals surface area contributed by atoms with Crippen molar-refractivity contribution in [2.24, 2.45) is 0 Å². The number of nitrogens with one attached hydrogen (secondary N) is 2. The van der Waals surface area contributed by atoms with Gasteiger partial charge < -0.3 is 15.5 Å². The Labute approximate surface area is 145 Å². The van der Waals surface area contributed by atoms with E-state index >= 15 is 0 Å². The summed E-state index contributed by atoms with van der Waals surface area (Å²) in [6.07, 6.45) is 2.47. The molecule has 1 unspecified atom stereocenters. The molecule has 0 saturated carbocycles. The van der Waals surface area contributed by atoms with Crippen LogP contribution in [0.3, 0.4) is 0 Å². The van der Waals surface area contributed by atoms with Gasteiger partial charge in [-0.3, -0.25) is 4.79 Å². The molecular weight excluding hydrogens is 324 g/mol. The van der Waals surface area contributed by atoms with Crippen molar-refractivity contribution in [3.05, 3.63) is 40.8 Å². The molecule has 3 amide bonds. The number of nitrogens with zero attached hydrogens (tertiary/aromatic N) is 2. The number of rotatable bonds is 5. The molecule has 1 heterocycles. The first-order chi connectivity index (χ1) is 11.4. The van der Waals surface area contributed by atoms with Crippen molar-refractivity contribution in [1.29, 1.82) is 0 Å². The molecule has 1 atom stereocenters. The third-order valence-corrected chi connectivity index (χ3v) is 5.02. The molecule has 0 aliphatic rings. The van der Waals surface area contributed by atoms with Crippen LogP contribution in [0.2, 0.25) is 0 Å². The lowest BCUT2D eigenvalue weighted by atomic mass is 10.0. The number of urea groups is 1. The van der Waals surface area contributed by atoms with Crippen LogP contribution in [-0.2, 0) is 10.3 Å². The molecular formula is C17H22N4O2S. The van der Waals surface area contributed by atoms with Gasteiger partial charge in [-0.05, 0) is 37.6 Å². The van der Waals surface area contributed by atoms with Crippen LogP contribution in [0, 0.1) is 0 Å². The van der Waals surface area contributed by atoms with E-state index in [4.69, 9.17) is 0 Å². The Morgan fingerprint density at radius 1 is 1.29 bits per heavy atom. The highest BCUT2D eigenvalue weighted by Crippen LogP contribution is 2.26. The van der Waals surface area contributed by atoms with Crippen molar-refractivity contribution in [2.75, 3.05) is 17.3 Å². The molecule has 1 aromatic heterocycles. The first-order valence-corrected chi connectivity index (χ1v) is 8.57. The van der Waals surface area contributed by atoms with E-state index in [1.54, 1.807) is 42.4 Å². The second kappa shape index (κ2) is 7.44. The number of hydrogen-bond acceptors (Lipinski definition) is 4. The van der Waals surface area contributed by atoms with Crippen LogP contribution in [-0.4, -0.2) is 24.0 Å². The molecule has 0 spiro atoms. The van der Waals surface area contributed by atoms with Crippen molar-refractivity contribution < 1.29 is 9.59 Å². The number of thiazole rings is 1. The molecule has 1 aromatic carbocycles. The molecule has 2 rings (SSSR count). The van der Waals surface area contributed by atoms with Crippen LogP contribution < -0.4 is 15.5 Å². The van der Waals surface area contributed by atoms with Crippen molar-refractivity contribution in [3.8, 4) is 0 Å². The maximum Gasteiger partial charge on any atom is 0.320 e. The van der Waals surface area contributed by atoms with Crippen molar-refractivity contribution in [3.63, 3.8) is 0 Å². The Balaban J connectivity index is 2.03. The Bertz CT molecular complexity index is 700. The van der Waals surface area contributed by atoms with Gasteiger partial charge in [-0.25, -0.2) is 9.78 Å². The highest BCUT2D eigenvalue weighted by Gasteiger charge is 2.29. The van der Waals surface area contributed by atoms with Crippen molar-refractivity contribution in [1.82, 2.24) is 10.3 Å². The van der Waals surface area contributed by atoms with Gasteiger partial charge in [0.15, 0.2) is 0 Å². The molecule has 2 N–H and O–H groups in total. The predicted octanol–water partition coefficient (Wildman–Crippen LogP) is 3.57. The van der Waals surface area contributed by atoms with E-state index < -0.39 is 5.54 Å². The van der Waals surface area contributed by atoms with Crippen LogP contribution in [0.4, 0.5) is 16.2 Å². The minimum absolute atomic E-state index is 0.0457. The molecule has 24 heavy (non-hydrogen) atoms. The first-order valence-electron chi connectivity index (χ1n) is 7.69. The van der Waals surface area contributed by atoms with Gasteiger partial charge in [0.25, 0.3) is 0 Å². The van der Waals surface area contributed by atoms with Gasteiger partial charge in [0.05, 0.1) is 5.54 Å². The quantitative estimate of drug-likeness (QED) is 0.869. The highest BCUT2D eigenvalue weighted by molar-refractivity contribution is 7.09. The summed E-state index contributed by atoms with van der Waals surface area (Å²) in [5, 5.41) is 8.57. The fourth-order valence-corrected chi connectivity index (χ4v) is 2.98. The highest BCUT2D eigenvalue weighted by atomic mass is 32.1. The summed E-state index contributed by atoms with van der Waals surface area (Å²) in [6.45, 7) is 5.47. The number of carbonyl (C=O) groups is 2. The predicted molar refractivity (Wildman–Crippen MR) is 97.4 cm³/mol. The lowest BCUT2D eigenvalue weighted by Crippen LogP contribution is -2.45. The van der Waals surface area contributed by atoms with E-state index in [1.165, 1.54) is 18.3 Å². The van der Waals surface area contributed by atoms with Crippen molar-refractivity contribution in [2.45, 2.75) is 32.7 Å². The molecule has 0 aliphatic heterocycles. The summed E-state index contributed by atoms with van der Waals surface area (Å²) < 4.78 is 0. The Morgan fingerprint density at radius 2 is 1.96 bits per heavy atom. The number of amides is 3. The molecule has 0 radical (unpaired) electrons. The van der Waals surface area contributed by atoms with E-state index in [-0.39, 0.29) is 11.9 Å². The third-order valence-electron chi connectivity index (χ3n) is 3.99. The van der Waals surface area contributed by atoms with Crippen LogP contribution in [0.5, 0.6) is 0 Å². The molecule has 2 aromatic rings. The number of aromatic nitrogens is 1. The normalized spacial score (nSPS) is 13.0. The first kappa shape index (κ1) is 17.9. The molecule has 0 aliphatic carbocycles. The van der Waals surface area contributed by atoms with Crippen LogP contribution in [0.1, 0.15) is 32.2 Å². The monoisotopic (exact) mass is 346 g/mol. The van der Waals surface area contributed by atoms with Gasteiger partial charge in [0.1, 0.15) is 5.01 Å². The van der Waals surface area contributed by atoms with Gasteiger partial charge in [-0.15, -0.1) is 11.3 Å². The Kier molecular flexibility index (Phi) is 5.56. The maximum atomic E-state index is 12.3. The summed E-state index contributed by atoms with van der Waals surface area (Å²) in [7, 11) is 1.71. The number of carbonyl (C=O) groups excluding carboxylic acids is 2. The molecule has 0 fully saturated rings. The van der Waals surface area contributed by atoms with E-state index in [0.717, 1.165) is 17.1 Å². The van der Waals surface area contributed by atoms with E-state index in [0.29, 0.717) is 5.69 Å². The van der Waals surface area contributed by atoms with Gasteiger partial charge in [0, 0.05) is 36.9 Å². The summed E-state index contributed by atoms with van der Waals surface area (Å²) in [5.74, 6) is -0.0457. The topological polar surface area (TPSA) is 74.3 Å². The Hall–Kier alpha value is -2.41. The summed E-state index contributed by atoms with van der Waals surface area (Å²) in [6, 6.07) is 6.82. The van der Waals surface area contributed by atoms with E-state index in [1.807, 2.05) is 19.2 Å². The van der Waals surface area contributed by atoms with Gasteiger partial charge in [-0.1, -0.05) is 6.92 Å². The standard InChI is InChI=1S/C17H22N4O2S/c1-5-17(3,15-18-10-11-24-15)20-16(23)19-13-6-8-14(9-7-13)21(4)12(2)22/h6-11H,5H2,1-4H3,(H2,19,20,23). The second-order valence-corrected chi connectivity index (χ2v) is 6.62. The van der Waals surface area contributed by atoms with Crippen LogP contribution in [0.25, 0.3) is 0 Å². The van der Waals surface area contributed by atoms with Gasteiger partial charge in [0.2, 0.25) is 5.91 Å². The zero-order valence-corrected chi connectivity index (χ0v) is 15.1. The Morgan fingerprint density at radius 3 is 2.46 bits per heavy atom.